The minimum atomic E-state index is -1.23. The molecule has 2 aromatic rings. The van der Waals surface area contributed by atoms with E-state index in [4.69, 9.17) is 15.7 Å². The molecule has 0 saturated carbocycles. The topological polar surface area (TPSA) is 116 Å². The number of carbonyl (C=O) groups is 1. The van der Waals surface area contributed by atoms with Crippen molar-refractivity contribution in [1.29, 1.82) is 0 Å². The summed E-state index contributed by atoms with van der Waals surface area (Å²) in [5.74, 6) is -0.617. The third kappa shape index (κ3) is 1.65. The highest BCUT2D eigenvalue weighted by Gasteiger charge is 2.15. The number of aliphatic hydroxyl groups excluding tert-OH is 1. The monoisotopic (exact) mass is 223 g/mol. The molecule has 1 unspecified atom stereocenters. The van der Waals surface area contributed by atoms with Gasteiger partial charge in [-0.05, 0) is 6.92 Å². The van der Waals surface area contributed by atoms with Crippen LogP contribution >= 0.6 is 0 Å². The maximum Gasteiger partial charge on any atom is 0.360 e. The summed E-state index contributed by atoms with van der Waals surface area (Å²) in [5, 5.41) is 8.98. The van der Waals surface area contributed by atoms with Crippen LogP contribution in [0.5, 0.6) is 0 Å². The average molecular weight is 223 g/mol. The Morgan fingerprint density at radius 3 is 3.00 bits per heavy atom. The second kappa shape index (κ2) is 3.74. The first-order chi connectivity index (χ1) is 7.59. The number of nitrogen functional groups attached to an aromatic ring is 1. The average Bonchev–Trinajstić information content (AvgIpc) is 2.63. The van der Waals surface area contributed by atoms with Crippen LogP contribution in [-0.4, -0.2) is 36.9 Å². The number of aliphatic hydroxyl groups is 1. The van der Waals surface area contributed by atoms with Gasteiger partial charge in [0.25, 0.3) is 0 Å². The minimum Gasteiger partial charge on any atom is -0.382 e. The predicted molar refractivity (Wildman–Crippen MR) is 53.0 cm³/mol. The van der Waals surface area contributed by atoms with Gasteiger partial charge in [-0.3, -0.25) is 0 Å². The molecule has 1 atom stereocenters. The lowest BCUT2D eigenvalue weighted by atomic mass is 10.4. The van der Waals surface area contributed by atoms with Gasteiger partial charge in [-0.25, -0.2) is 19.7 Å². The summed E-state index contributed by atoms with van der Waals surface area (Å²) in [6, 6.07) is 0. The van der Waals surface area contributed by atoms with Gasteiger partial charge in [-0.2, -0.15) is 0 Å². The molecule has 84 valence electrons. The molecule has 0 radical (unpaired) electrons. The van der Waals surface area contributed by atoms with Gasteiger partial charge in [0.05, 0.1) is 0 Å². The molecule has 0 amide bonds. The van der Waals surface area contributed by atoms with Crippen LogP contribution < -0.4 is 10.6 Å². The summed E-state index contributed by atoms with van der Waals surface area (Å²) in [6.45, 7) is 1.30. The molecule has 2 aromatic heterocycles. The number of carbonyl (C=O) groups excluding carboxylic acids is 1. The molecule has 0 fully saturated rings. The SMILES string of the molecule is CC(O)C(=O)On1cnc2c(N)ncnc21. The number of aromatic nitrogens is 4. The van der Waals surface area contributed by atoms with E-state index in [0.29, 0.717) is 5.52 Å². The molecule has 2 heterocycles. The maximum absolute atomic E-state index is 11.1. The molecule has 0 spiro atoms. The zero-order valence-electron chi connectivity index (χ0n) is 8.36. The van der Waals surface area contributed by atoms with E-state index in [1.807, 2.05) is 0 Å². The Hall–Kier alpha value is -2.22. The van der Waals surface area contributed by atoms with Crippen LogP contribution in [0.2, 0.25) is 0 Å². The third-order valence-corrected chi connectivity index (χ3v) is 1.86. The highest BCUT2D eigenvalue weighted by Crippen LogP contribution is 2.12. The Labute approximate surface area is 89.6 Å². The molecular formula is C8H9N5O3. The molecular weight excluding hydrogens is 214 g/mol. The van der Waals surface area contributed by atoms with Gasteiger partial charge in [0, 0.05) is 0 Å². The van der Waals surface area contributed by atoms with Crippen molar-refractivity contribution in [2.75, 3.05) is 5.73 Å². The van der Waals surface area contributed by atoms with Crippen LogP contribution in [-0.2, 0) is 4.79 Å². The van der Waals surface area contributed by atoms with Gasteiger partial charge in [-0.1, -0.05) is 0 Å². The first-order valence-electron chi connectivity index (χ1n) is 4.43. The molecule has 0 aliphatic heterocycles. The molecule has 0 saturated heterocycles. The van der Waals surface area contributed by atoms with Crippen LogP contribution in [0.25, 0.3) is 11.2 Å². The van der Waals surface area contributed by atoms with E-state index in [9.17, 15) is 4.79 Å². The zero-order chi connectivity index (χ0) is 11.7. The molecule has 3 N–H and O–H groups in total. The van der Waals surface area contributed by atoms with Crippen molar-refractivity contribution in [3.8, 4) is 0 Å². The first kappa shape index (κ1) is 10.3. The summed E-state index contributed by atoms with van der Waals surface area (Å²) in [4.78, 5) is 27.4. The van der Waals surface area contributed by atoms with Gasteiger partial charge in [0.15, 0.2) is 17.4 Å². The van der Waals surface area contributed by atoms with Gasteiger partial charge in [0.1, 0.15) is 12.7 Å². The minimum absolute atomic E-state index is 0.192. The second-order valence-electron chi connectivity index (χ2n) is 3.09. The van der Waals surface area contributed by atoms with E-state index < -0.39 is 12.1 Å². The summed E-state index contributed by atoms with van der Waals surface area (Å²) >= 11 is 0. The predicted octanol–water partition coefficient (Wildman–Crippen LogP) is -1.26. The van der Waals surface area contributed by atoms with E-state index in [2.05, 4.69) is 15.0 Å². The van der Waals surface area contributed by atoms with Crippen LogP contribution in [0.4, 0.5) is 5.82 Å². The van der Waals surface area contributed by atoms with Crippen molar-refractivity contribution in [1.82, 2.24) is 19.7 Å². The van der Waals surface area contributed by atoms with Crippen molar-refractivity contribution in [3.63, 3.8) is 0 Å². The molecule has 8 heteroatoms. The van der Waals surface area contributed by atoms with E-state index in [1.54, 1.807) is 0 Å². The lowest BCUT2D eigenvalue weighted by molar-refractivity contribution is -0.152. The fourth-order valence-electron chi connectivity index (χ4n) is 1.07. The molecule has 2 rings (SSSR count). The molecule has 0 bridgehead atoms. The molecule has 0 aliphatic rings. The highest BCUT2D eigenvalue weighted by atomic mass is 16.7. The number of imidazole rings is 1. The van der Waals surface area contributed by atoms with Gasteiger partial charge >= 0.3 is 5.97 Å². The van der Waals surface area contributed by atoms with Crippen LogP contribution in [0.3, 0.4) is 0 Å². The van der Waals surface area contributed by atoms with Crippen LogP contribution in [0, 0.1) is 0 Å². The largest absolute Gasteiger partial charge is 0.382 e. The highest BCUT2D eigenvalue weighted by molar-refractivity contribution is 5.82. The molecule has 0 aromatic carbocycles. The quantitative estimate of drug-likeness (QED) is 0.652. The summed E-state index contributed by atoms with van der Waals surface area (Å²) < 4.78 is 1.03. The summed E-state index contributed by atoms with van der Waals surface area (Å²) in [6.07, 6.45) is 1.24. The fraction of sp³-hybridized carbons (Fsp3) is 0.250. The van der Waals surface area contributed by atoms with Crippen molar-refractivity contribution in [3.05, 3.63) is 12.7 Å². The number of anilines is 1. The number of hydrogen-bond acceptors (Lipinski definition) is 7. The van der Waals surface area contributed by atoms with Crippen LogP contribution in [0.15, 0.2) is 12.7 Å². The standard InChI is InChI=1S/C8H9N5O3/c1-4(14)8(15)16-13-3-12-5-6(9)10-2-11-7(5)13/h2-4,14H,1H3,(H2,9,10,11). The zero-order valence-corrected chi connectivity index (χ0v) is 8.36. The molecule has 16 heavy (non-hydrogen) atoms. The molecule has 0 aliphatic carbocycles. The normalized spacial score (nSPS) is 12.6. The van der Waals surface area contributed by atoms with Crippen molar-refractivity contribution >= 4 is 23.0 Å². The van der Waals surface area contributed by atoms with Gasteiger partial charge in [0.2, 0.25) is 5.65 Å². The fourth-order valence-corrected chi connectivity index (χ4v) is 1.07. The Kier molecular flexibility index (Phi) is 2.41. The number of rotatable bonds is 2. The lowest BCUT2D eigenvalue weighted by Gasteiger charge is -2.05. The van der Waals surface area contributed by atoms with Gasteiger partial charge < -0.3 is 15.7 Å². The van der Waals surface area contributed by atoms with Crippen LogP contribution in [0.1, 0.15) is 6.92 Å². The van der Waals surface area contributed by atoms with Crippen molar-refractivity contribution in [2.45, 2.75) is 13.0 Å². The van der Waals surface area contributed by atoms with E-state index in [1.165, 1.54) is 19.6 Å². The second-order valence-corrected chi connectivity index (χ2v) is 3.09. The Balaban J connectivity index is 2.39. The Morgan fingerprint density at radius 2 is 2.31 bits per heavy atom. The van der Waals surface area contributed by atoms with E-state index in [0.717, 1.165) is 4.73 Å². The van der Waals surface area contributed by atoms with E-state index >= 15 is 0 Å². The first-order valence-corrected chi connectivity index (χ1v) is 4.43. The molecule has 8 nitrogen and oxygen atoms in total. The van der Waals surface area contributed by atoms with E-state index in [-0.39, 0.29) is 11.5 Å². The van der Waals surface area contributed by atoms with Gasteiger partial charge in [-0.15, -0.1) is 4.73 Å². The summed E-state index contributed by atoms with van der Waals surface area (Å²) in [5.41, 5.74) is 6.14. The Morgan fingerprint density at radius 1 is 1.56 bits per heavy atom. The smallest absolute Gasteiger partial charge is 0.360 e. The number of hydrogen-bond donors (Lipinski definition) is 2. The summed E-state index contributed by atoms with van der Waals surface area (Å²) in [7, 11) is 0. The van der Waals surface area contributed by atoms with Crippen molar-refractivity contribution in [2.24, 2.45) is 0 Å². The van der Waals surface area contributed by atoms with Crippen molar-refractivity contribution < 1.29 is 14.7 Å². The Bertz CT molecular complexity index is 535. The number of nitrogens with two attached hydrogens (primary N) is 1. The maximum atomic E-state index is 11.1. The number of fused-ring (bicyclic) bond motifs is 1. The third-order valence-electron chi connectivity index (χ3n) is 1.86. The lowest BCUT2D eigenvalue weighted by Crippen LogP contribution is -2.28. The number of nitrogens with zero attached hydrogens (tertiary/aromatic N) is 4.